The third kappa shape index (κ3) is 7.67. The summed E-state index contributed by atoms with van der Waals surface area (Å²) in [6.45, 7) is 0.555. The van der Waals surface area contributed by atoms with Crippen LogP contribution in [0.25, 0.3) is 0 Å². The zero-order valence-corrected chi connectivity index (χ0v) is 17.5. The molecule has 0 bridgehead atoms. The van der Waals surface area contributed by atoms with Crippen LogP contribution in [-0.2, 0) is 26.1 Å². The van der Waals surface area contributed by atoms with E-state index in [4.69, 9.17) is 21.0 Å². The molecule has 1 atom stereocenters. The average molecular weight is 472 g/mol. The monoisotopic (exact) mass is 472 g/mol. The van der Waals surface area contributed by atoms with E-state index in [-0.39, 0.29) is 19.0 Å². The Bertz CT molecular complexity index is 1060. The van der Waals surface area contributed by atoms with Crippen LogP contribution in [0.1, 0.15) is 12.0 Å². The Labute approximate surface area is 182 Å². The molecule has 32 heavy (non-hydrogen) atoms. The number of rotatable bonds is 12. The van der Waals surface area contributed by atoms with E-state index < -0.39 is 38.6 Å². The summed E-state index contributed by atoms with van der Waals surface area (Å²) in [6.07, 6.45) is 0.316. The molecule has 0 radical (unpaired) electrons. The maximum Gasteiger partial charge on any atom is 0.322 e. The van der Waals surface area contributed by atoms with E-state index in [9.17, 15) is 27.1 Å². The van der Waals surface area contributed by atoms with Gasteiger partial charge in [0, 0.05) is 6.42 Å². The number of nitrogens with one attached hydrogen (secondary N) is 1. The van der Waals surface area contributed by atoms with Gasteiger partial charge in [-0.3, -0.25) is 4.79 Å². The van der Waals surface area contributed by atoms with Crippen LogP contribution in [0, 0.1) is 11.6 Å². The Balaban J connectivity index is 1.95. The number of hydrogen-bond acceptors (Lipinski definition) is 6. The molecule has 0 aromatic heterocycles. The molecule has 13 heteroatoms. The minimum Gasteiger partial charge on any atom is -0.493 e. The van der Waals surface area contributed by atoms with Gasteiger partial charge >= 0.3 is 5.97 Å². The number of benzene rings is 2. The summed E-state index contributed by atoms with van der Waals surface area (Å²) in [5, 5.41) is 12.8. The molecule has 10 nitrogen and oxygen atoms in total. The lowest BCUT2D eigenvalue weighted by Crippen LogP contribution is -2.42. The van der Waals surface area contributed by atoms with E-state index in [0.29, 0.717) is 36.5 Å². The predicted octanol–water partition coefficient (Wildman–Crippen LogP) is 0.913. The van der Waals surface area contributed by atoms with E-state index >= 15 is 0 Å². The molecule has 0 aliphatic heterocycles. The van der Waals surface area contributed by atoms with Crippen molar-refractivity contribution in [3.8, 4) is 5.75 Å². The highest BCUT2D eigenvalue weighted by molar-refractivity contribution is 7.89. The Morgan fingerprint density at radius 3 is 2.38 bits per heavy atom. The molecular formula is C19H22F2N4O6S. The zero-order valence-electron chi connectivity index (χ0n) is 16.7. The third-order valence-corrected chi connectivity index (χ3v) is 5.45. The molecule has 174 valence electrons. The molecule has 6 N–H and O–H groups in total. The highest BCUT2D eigenvalue weighted by atomic mass is 32.2. The largest absolute Gasteiger partial charge is 0.493 e. The van der Waals surface area contributed by atoms with Crippen molar-refractivity contribution in [1.82, 2.24) is 4.72 Å². The number of sulfonamides is 1. The van der Waals surface area contributed by atoms with Crippen LogP contribution in [0.3, 0.4) is 0 Å². The molecule has 2 aromatic rings. The van der Waals surface area contributed by atoms with Crippen LogP contribution in [-0.4, -0.2) is 44.7 Å². The summed E-state index contributed by atoms with van der Waals surface area (Å²) in [5.74, 6) is -3.70. The minimum atomic E-state index is -4.40. The van der Waals surface area contributed by atoms with Crippen LogP contribution in [0.4, 0.5) is 8.78 Å². The maximum atomic E-state index is 13.4. The van der Waals surface area contributed by atoms with Crippen LogP contribution in [0.15, 0.2) is 52.5 Å². The topological polar surface area (TPSA) is 166 Å². The van der Waals surface area contributed by atoms with Gasteiger partial charge in [0.05, 0.1) is 11.5 Å². The molecule has 0 saturated carbocycles. The van der Waals surface area contributed by atoms with Gasteiger partial charge in [-0.25, -0.2) is 17.2 Å². The van der Waals surface area contributed by atoms with Gasteiger partial charge < -0.3 is 26.1 Å². The lowest BCUT2D eigenvalue weighted by Gasteiger charge is -2.15. The standard InChI is InChI=1S/C19H22F2N4O6S/c20-15-7-6-14(11-16(15)21)32(28,29)25-17(18(26)27)10-12-2-4-13(5-3-12)30-8-1-9-31-24-19(22)23/h2-7,11,17,25H,1,8-10H2,(H,26,27)(H4,22,23,24). The van der Waals surface area contributed by atoms with Crippen molar-refractivity contribution in [3.63, 3.8) is 0 Å². The van der Waals surface area contributed by atoms with E-state index in [0.717, 1.165) is 6.07 Å². The number of carboxylic acid groups (broad SMARTS) is 1. The van der Waals surface area contributed by atoms with Gasteiger partial charge in [0.25, 0.3) is 0 Å². The van der Waals surface area contributed by atoms with Crippen molar-refractivity contribution in [2.24, 2.45) is 16.6 Å². The fourth-order valence-corrected chi connectivity index (χ4v) is 3.67. The molecule has 0 amide bonds. The smallest absolute Gasteiger partial charge is 0.322 e. The Morgan fingerprint density at radius 1 is 1.09 bits per heavy atom. The second kappa shape index (κ2) is 11.2. The summed E-state index contributed by atoms with van der Waals surface area (Å²) in [5.41, 5.74) is 10.7. The van der Waals surface area contributed by atoms with E-state index in [1.807, 2.05) is 4.72 Å². The van der Waals surface area contributed by atoms with Crippen molar-refractivity contribution in [3.05, 3.63) is 59.7 Å². The van der Waals surface area contributed by atoms with Gasteiger partial charge in [0.2, 0.25) is 16.0 Å². The van der Waals surface area contributed by atoms with Crippen molar-refractivity contribution in [2.75, 3.05) is 13.2 Å². The first-order chi connectivity index (χ1) is 15.1. The number of oxime groups is 1. The van der Waals surface area contributed by atoms with E-state index in [2.05, 4.69) is 5.16 Å². The van der Waals surface area contributed by atoms with Crippen LogP contribution < -0.4 is 20.9 Å². The van der Waals surface area contributed by atoms with Crippen molar-refractivity contribution in [2.45, 2.75) is 23.8 Å². The van der Waals surface area contributed by atoms with E-state index in [1.165, 1.54) is 0 Å². The highest BCUT2D eigenvalue weighted by Gasteiger charge is 2.26. The Hall–Kier alpha value is -3.45. The van der Waals surface area contributed by atoms with Crippen LogP contribution in [0.5, 0.6) is 5.75 Å². The molecule has 2 rings (SSSR count). The van der Waals surface area contributed by atoms with Gasteiger partial charge in [-0.1, -0.05) is 12.1 Å². The second-order valence-electron chi connectivity index (χ2n) is 6.49. The number of ether oxygens (including phenoxy) is 1. The maximum absolute atomic E-state index is 13.4. The van der Waals surface area contributed by atoms with Crippen molar-refractivity contribution in [1.29, 1.82) is 0 Å². The summed E-state index contributed by atoms with van der Waals surface area (Å²) < 4.78 is 58.6. The quantitative estimate of drug-likeness (QED) is 0.153. The number of nitrogens with two attached hydrogens (primary N) is 2. The zero-order chi connectivity index (χ0) is 23.7. The molecule has 0 aliphatic rings. The minimum absolute atomic E-state index is 0.187. The molecule has 0 saturated heterocycles. The summed E-state index contributed by atoms with van der Waals surface area (Å²) in [6, 6.07) is 6.77. The number of aliphatic carboxylic acids is 1. The van der Waals surface area contributed by atoms with Crippen molar-refractivity contribution >= 4 is 22.0 Å². The first kappa shape index (κ1) is 24.8. The van der Waals surface area contributed by atoms with Crippen LogP contribution in [0.2, 0.25) is 0 Å². The number of nitrogens with zero attached hydrogens (tertiary/aromatic N) is 1. The molecule has 2 aromatic carbocycles. The average Bonchev–Trinajstić information content (AvgIpc) is 2.72. The molecule has 0 aliphatic carbocycles. The molecule has 0 fully saturated rings. The number of carboxylic acids is 1. The summed E-state index contributed by atoms with van der Waals surface area (Å²) >= 11 is 0. The fraction of sp³-hybridized carbons (Fsp3) is 0.263. The fourth-order valence-electron chi connectivity index (χ4n) is 2.47. The lowest BCUT2D eigenvalue weighted by molar-refractivity contribution is -0.138. The summed E-state index contributed by atoms with van der Waals surface area (Å²) in [4.78, 5) is 15.8. The predicted molar refractivity (Wildman–Crippen MR) is 110 cm³/mol. The number of halogens is 2. The normalized spacial score (nSPS) is 12.1. The van der Waals surface area contributed by atoms with Gasteiger partial charge in [0.15, 0.2) is 11.6 Å². The molecule has 0 heterocycles. The van der Waals surface area contributed by atoms with Crippen molar-refractivity contribution < 1.29 is 36.7 Å². The Morgan fingerprint density at radius 2 is 1.78 bits per heavy atom. The van der Waals surface area contributed by atoms with Crippen LogP contribution >= 0.6 is 0 Å². The third-order valence-electron chi connectivity index (χ3n) is 3.98. The first-order valence-corrected chi connectivity index (χ1v) is 10.7. The molecule has 0 spiro atoms. The number of hydrogen-bond donors (Lipinski definition) is 4. The van der Waals surface area contributed by atoms with Gasteiger partial charge in [-0.15, -0.1) is 0 Å². The van der Waals surface area contributed by atoms with Gasteiger partial charge in [-0.2, -0.15) is 4.72 Å². The highest BCUT2D eigenvalue weighted by Crippen LogP contribution is 2.17. The molecule has 1 unspecified atom stereocenters. The lowest BCUT2D eigenvalue weighted by atomic mass is 10.1. The number of carbonyl (C=O) groups is 1. The van der Waals surface area contributed by atoms with Gasteiger partial charge in [0.1, 0.15) is 18.4 Å². The van der Waals surface area contributed by atoms with E-state index in [1.54, 1.807) is 24.3 Å². The molecular weight excluding hydrogens is 450 g/mol. The Kier molecular flexibility index (Phi) is 8.72. The summed E-state index contributed by atoms with van der Waals surface area (Å²) in [7, 11) is -4.40. The van der Waals surface area contributed by atoms with Gasteiger partial charge in [-0.05, 0) is 47.5 Å². The SMILES string of the molecule is NC(N)=NOCCCOc1ccc(CC(NS(=O)(=O)c2ccc(F)c(F)c2)C(=O)O)cc1. The second-order valence-corrected chi connectivity index (χ2v) is 8.20. The number of guanidine groups is 1. The first-order valence-electron chi connectivity index (χ1n) is 9.21.